The summed E-state index contributed by atoms with van der Waals surface area (Å²) in [6, 6.07) is 6.01. The van der Waals surface area contributed by atoms with Crippen LogP contribution >= 0.6 is 0 Å². The van der Waals surface area contributed by atoms with Gasteiger partial charge in [0.1, 0.15) is 5.82 Å². The molecule has 3 heteroatoms. The fourth-order valence-corrected chi connectivity index (χ4v) is 2.07. The van der Waals surface area contributed by atoms with Crippen LogP contribution in [0.1, 0.15) is 32.3 Å². The van der Waals surface area contributed by atoms with E-state index in [0.29, 0.717) is 6.42 Å². The van der Waals surface area contributed by atoms with Crippen molar-refractivity contribution >= 4 is 0 Å². The number of hydrogen-bond acceptors (Lipinski definition) is 2. The summed E-state index contributed by atoms with van der Waals surface area (Å²) in [5.41, 5.74) is 0.837. The molecule has 0 aliphatic heterocycles. The Morgan fingerprint density at radius 1 is 1.06 bits per heavy atom. The minimum Gasteiger partial charge on any atom is -0.390 e. The number of benzene rings is 1. The average Bonchev–Trinajstić information content (AvgIpc) is 2.33. The van der Waals surface area contributed by atoms with E-state index in [1.165, 1.54) is 12.1 Å². The van der Waals surface area contributed by atoms with E-state index in [2.05, 4.69) is 0 Å². The van der Waals surface area contributed by atoms with Gasteiger partial charge in [-0.15, -0.1) is 0 Å². The van der Waals surface area contributed by atoms with Gasteiger partial charge in [-0.3, -0.25) is 0 Å². The first kappa shape index (κ1) is 14.1. The van der Waals surface area contributed by atoms with Gasteiger partial charge in [-0.25, -0.2) is 4.39 Å². The molecule has 1 aromatic rings. The molecule has 1 aromatic carbocycles. The van der Waals surface area contributed by atoms with Crippen LogP contribution in [0.5, 0.6) is 0 Å². The average molecular weight is 240 g/mol. The van der Waals surface area contributed by atoms with Crippen molar-refractivity contribution in [3.8, 4) is 0 Å². The standard InChI is InChI=1S/C14H21FO2/c1-3-11(4-2)14(17)13(16)9-10-5-7-12(15)8-6-10/h5-8,11,13-14,16-17H,3-4,9H2,1-2H3. The third-order valence-electron chi connectivity index (χ3n) is 3.28. The van der Waals surface area contributed by atoms with E-state index >= 15 is 0 Å². The maximum Gasteiger partial charge on any atom is 0.123 e. The van der Waals surface area contributed by atoms with Crippen LogP contribution in [0.15, 0.2) is 24.3 Å². The molecular formula is C14H21FO2. The molecule has 0 fully saturated rings. The van der Waals surface area contributed by atoms with E-state index in [0.717, 1.165) is 18.4 Å². The summed E-state index contributed by atoms with van der Waals surface area (Å²) >= 11 is 0. The second-order valence-electron chi connectivity index (χ2n) is 4.47. The molecule has 0 radical (unpaired) electrons. The van der Waals surface area contributed by atoms with Gasteiger partial charge in [0.25, 0.3) is 0 Å². The van der Waals surface area contributed by atoms with E-state index in [1.54, 1.807) is 12.1 Å². The monoisotopic (exact) mass is 240 g/mol. The predicted octanol–water partition coefficient (Wildman–Crippen LogP) is 2.53. The highest BCUT2D eigenvalue weighted by atomic mass is 19.1. The quantitative estimate of drug-likeness (QED) is 0.802. The van der Waals surface area contributed by atoms with Crippen LogP contribution in [0.25, 0.3) is 0 Å². The number of aliphatic hydroxyl groups excluding tert-OH is 2. The molecule has 0 heterocycles. The zero-order chi connectivity index (χ0) is 12.8. The molecule has 0 spiro atoms. The Bertz CT molecular complexity index is 319. The van der Waals surface area contributed by atoms with Crippen molar-refractivity contribution in [2.45, 2.75) is 45.3 Å². The van der Waals surface area contributed by atoms with Crippen molar-refractivity contribution in [2.24, 2.45) is 5.92 Å². The summed E-state index contributed by atoms with van der Waals surface area (Å²) in [5, 5.41) is 19.9. The Hall–Kier alpha value is -0.930. The minimum atomic E-state index is -0.787. The van der Waals surface area contributed by atoms with Crippen molar-refractivity contribution in [3.05, 3.63) is 35.6 Å². The van der Waals surface area contributed by atoms with E-state index in [-0.39, 0.29) is 11.7 Å². The van der Waals surface area contributed by atoms with Gasteiger partial charge in [0.05, 0.1) is 12.2 Å². The van der Waals surface area contributed by atoms with Gasteiger partial charge in [0, 0.05) is 6.42 Å². The first-order valence-electron chi connectivity index (χ1n) is 6.19. The largest absolute Gasteiger partial charge is 0.390 e. The zero-order valence-corrected chi connectivity index (χ0v) is 10.4. The molecule has 2 nitrogen and oxygen atoms in total. The van der Waals surface area contributed by atoms with Crippen LogP contribution in [0.3, 0.4) is 0 Å². The number of rotatable bonds is 6. The summed E-state index contributed by atoms with van der Waals surface area (Å²) in [4.78, 5) is 0. The molecule has 1 rings (SSSR count). The Labute approximate surface area is 102 Å². The van der Waals surface area contributed by atoms with Crippen LogP contribution in [-0.4, -0.2) is 22.4 Å². The summed E-state index contributed by atoms with van der Waals surface area (Å²) in [6.45, 7) is 4.00. The SMILES string of the molecule is CCC(CC)C(O)C(O)Cc1ccc(F)cc1. The van der Waals surface area contributed by atoms with E-state index in [1.807, 2.05) is 13.8 Å². The Balaban J connectivity index is 2.58. The molecule has 17 heavy (non-hydrogen) atoms. The molecule has 0 aliphatic rings. The van der Waals surface area contributed by atoms with Gasteiger partial charge < -0.3 is 10.2 Å². The highest BCUT2D eigenvalue weighted by molar-refractivity contribution is 5.17. The maximum atomic E-state index is 12.7. The summed E-state index contributed by atoms with van der Waals surface area (Å²) in [5.74, 6) is -0.172. The van der Waals surface area contributed by atoms with Gasteiger partial charge in [0.2, 0.25) is 0 Å². The molecule has 0 amide bonds. The van der Waals surface area contributed by atoms with Crippen molar-refractivity contribution in [1.29, 1.82) is 0 Å². The topological polar surface area (TPSA) is 40.5 Å². The van der Waals surface area contributed by atoms with Gasteiger partial charge in [-0.2, -0.15) is 0 Å². The zero-order valence-electron chi connectivity index (χ0n) is 10.4. The van der Waals surface area contributed by atoms with Gasteiger partial charge in [-0.1, -0.05) is 38.8 Å². The van der Waals surface area contributed by atoms with Crippen LogP contribution in [0.4, 0.5) is 4.39 Å². The van der Waals surface area contributed by atoms with Crippen molar-refractivity contribution in [2.75, 3.05) is 0 Å². The number of halogens is 1. The molecule has 0 aliphatic carbocycles. The third kappa shape index (κ3) is 4.10. The van der Waals surface area contributed by atoms with E-state index in [4.69, 9.17) is 0 Å². The first-order chi connectivity index (χ1) is 8.08. The molecule has 0 saturated heterocycles. The highest BCUT2D eigenvalue weighted by Gasteiger charge is 2.23. The smallest absolute Gasteiger partial charge is 0.123 e. The highest BCUT2D eigenvalue weighted by Crippen LogP contribution is 2.18. The van der Waals surface area contributed by atoms with Crippen molar-refractivity contribution in [1.82, 2.24) is 0 Å². The summed E-state index contributed by atoms with van der Waals surface area (Å²) in [7, 11) is 0. The Morgan fingerprint density at radius 2 is 1.59 bits per heavy atom. The molecule has 2 N–H and O–H groups in total. The lowest BCUT2D eigenvalue weighted by Crippen LogP contribution is -2.34. The van der Waals surface area contributed by atoms with Crippen LogP contribution in [-0.2, 0) is 6.42 Å². The fraction of sp³-hybridized carbons (Fsp3) is 0.571. The number of hydrogen-bond donors (Lipinski definition) is 2. The molecule has 0 saturated carbocycles. The van der Waals surface area contributed by atoms with Gasteiger partial charge >= 0.3 is 0 Å². The normalized spacial score (nSPS) is 14.9. The minimum absolute atomic E-state index is 0.116. The molecule has 0 aromatic heterocycles. The van der Waals surface area contributed by atoms with Crippen LogP contribution in [0.2, 0.25) is 0 Å². The Kier molecular flexibility index (Phi) is 5.59. The van der Waals surface area contributed by atoms with E-state index < -0.39 is 12.2 Å². The lowest BCUT2D eigenvalue weighted by molar-refractivity contribution is -0.0187. The lowest BCUT2D eigenvalue weighted by Gasteiger charge is -2.25. The molecule has 2 unspecified atom stereocenters. The molecule has 96 valence electrons. The summed E-state index contributed by atoms with van der Waals surface area (Å²) in [6.07, 6.45) is 0.550. The van der Waals surface area contributed by atoms with Crippen LogP contribution < -0.4 is 0 Å². The van der Waals surface area contributed by atoms with Crippen molar-refractivity contribution in [3.63, 3.8) is 0 Å². The molecule has 0 bridgehead atoms. The lowest BCUT2D eigenvalue weighted by atomic mass is 9.90. The van der Waals surface area contributed by atoms with Gasteiger partial charge in [0.15, 0.2) is 0 Å². The third-order valence-corrected chi connectivity index (χ3v) is 3.28. The molecular weight excluding hydrogens is 219 g/mol. The second kappa shape index (κ2) is 6.72. The second-order valence-corrected chi connectivity index (χ2v) is 4.47. The summed E-state index contributed by atoms with van der Waals surface area (Å²) < 4.78 is 12.7. The first-order valence-corrected chi connectivity index (χ1v) is 6.19. The Morgan fingerprint density at radius 3 is 2.06 bits per heavy atom. The van der Waals surface area contributed by atoms with Crippen LogP contribution in [0, 0.1) is 11.7 Å². The maximum absolute atomic E-state index is 12.7. The fourth-order valence-electron chi connectivity index (χ4n) is 2.07. The van der Waals surface area contributed by atoms with Gasteiger partial charge in [-0.05, 0) is 23.6 Å². The number of aliphatic hydroxyl groups is 2. The molecule has 2 atom stereocenters. The van der Waals surface area contributed by atoms with Crippen molar-refractivity contribution < 1.29 is 14.6 Å². The van der Waals surface area contributed by atoms with E-state index in [9.17, 15) is 14.6 Å². The predicted molar refractivity (Wildman–Crippen MR) is 66.2 cm³/mol.